The Hall–Kier alpha value is -2.60. The summed E-state index contributed by atoms with van der Waals surface area (Å²) >= 11 is 0. The van der Waals surface area contributed by atoms with E-state index in [0.29, 0.717) is 29.3 Å². The third-order valence-electron chi connectivity index (χ3n) is 7.77. The van der Waals surface area contributed by atoms with E-state index in [2.05, 4.69) is 17.1 Å². The predicted octanol–water partition coefficient (Wildman–Crippen LogP) is 4.25. The van der Waals surface area contributed by atoms with Gasteiger partial charge in [0.2, 0.25) is 0 Å². The number of ether oxygens (including phenoxy) is 1. The molecule has 3 aliphatic carbocycles. The highest BCUT2D eigenvalue weighted by molar-refractivity contribution is 6.03. The molecule has 30 heavy (non-hydrogen) atoms. The number of hydrogen-bond acceptors (Lipinski definition) is 6. The zero-order chi connectivity index (χ0) is 20.9. The zero-order valence-electron chi connectivity index (χ0n) is 17.4. The predicted molar refractivity (Wildman–Crippen MR) is 113 cm³/mol. The minimum atomic E-state index is -0.230. The maximum absolute atomic E-state index is 10.7. The van der Waals surface area contributed by atoms with Crippen LogP contribution >= 0.6 is 0 Å². The van der Waals surface area contributed by atoms with Crippen molar-refractivity contribution in [2.45, 2.75) is 51.0 Å². The van der Waals surface area contributed by atoms with Crippen LogP contribution in [0, 0.1) is 17.3 Å². The molecule has 158 valence electrons. The van der Waals surface area contributed by atoms with Gasteiger partial charge in [0.05, 0.1) is 25.1 Å². The average Bonchev–Trinajstić information content (AvgIpc) is 3.07. The lowest BCUT2D eigenvalue weighted by atomic mass is 9.55. The van der Waals surface area contributed by atoms with Gasteiger partial charge >= 0.3 is 0 Å². The maximum atomic E-state index is 10.7. The van der Waals surface area contributed by atoms with E-state index in [-0.39, 0.29) is 17.3 Å². The van der Waals surface area contributed by atoms with E-state index in [4.69, 9.17) is 9.57 Å². The number of aromatic nitrogens is 1. The van der Waals surface area contributed by atoms with Gasteiger partial charge in [-0.05, 0) is 85.1 Å². The summed E-state index contributed by atoms with van der Waals surface area (Å²) in [6, 6.07) is 7.35. The van der Waals surface area contributed by atoms with Crippen LogP contribution in [0.1, 0.15) is 56.1 Å². The Labute approximate surface area is 176 Å². The number of aliphatic hydroxyl groups is 1. The molecule has 0 amide bonds. The first-order valence-corrected chi connectivity index (χ1v) is 10.7. The minimum Gasteiger partial charge on any atom is -0.504 e. The number of benzene rings is 1. The van der Waals surface area contributed by atoms with Crippen molar-refractivity contribution in [1.82, 2.24) is 4.98 Å². The Bertz CT molecular complexity index is 977. The molecule has 6 heteroatoms. The molecule has 2 fully saturated rings. The molecular weight excluding hydrogens is 380 g/mol. The van der Waals surface area contributed by atoms with Crippen molar-refractivity contribution in [3.63, 3.8) is 0 Å². The topological polar surface area (TPSA) is 84.2 Å². The number of nitrogens with zero attached hydrogens (tertiary/aromatic N) is 2. The lowest BCUT2D eigenvalue weighted by molar-refractivity contribution is -0.0178. The molecule has 6 nitrogen and oxygen atoms in total. The summed E-state index contributed by atoms with van der Waals surface area (Å²) in [5.74, 6) is 2.38. The van der Waals surface area contributed by atoms with Gasteiger partial charge in [0, 0.05) is 11.8 Å². The van der Waals surface area contributed by atoms with Crippen molar-refractivity contribution in [3.8, 4) is 17.2 Å². The number of rotatable bonds is 3. The quantitative estimate of drug-likeness (QED) is 0.742. The molecule has 2 saturated carbocycles. The fraction of sp³-hybridized carbons (Fsp3) is 0.500. The van der Waals surface area contributed by atoms with Gasteiger partial charge in [-0.3, -0.25) is 4.98 Å². The number of aromatic hydroxyl groups is 1. The highest BCUT2D eigenvalue weighted by Gasteiger charge is 2.55. The van der Waals surface area contributed by atoms with Gasteiger partial charge in [0.1, 0.15) is 0 Å². The molecular formula is C24H28N2O4. The summed E-state index contributed by atoms with van der Waals surface area (Å²) in [4.78, 5) is 9.78. The van der Waals surface area contributed by atoms with Crippen LogP contribution in [0.2, 0.25) is 0 Å². The van der Waals surface area contributed by atoms with Crippen molar-refractivity contribution < 1.29 is 19.8 Å². The van der Waals surface area contributed by atoms with E-state index in [1.807, 2.05) is 18.2 Å². The standard InChI is InChI=1S/C24H28N2O4/c1-24-8-7-15-16-12-22(29-2)21(27)11-18(16)20(26-30-14-4-3-9-25-13-14)10-17(15)19(24)5-6-23(24)28/h3-4,9,11-13,15,17,19,23,27-28H,5-8,10H2,1-2H3/t15-,17-,19+,23+,24+/m1/s1. The van der Waals surface area contributed by atoms with Crippen LogP contribution in [-0.2, 0) is 0 Å². The van der Waals surface area contributed by atoms with Gasteiger partial charge < -0.3 is 19.8 Å². The third kappa shape index (κ3) is 2.97. The highest BCUT2D eigenvalue weighted by atomic mass is 16.6. The molecule has 1 heterocycles. The van der Waals surface area contributed by atoms with Crippen LogP contribution in [0.4, 0.5) is 0 Å². The van der Waals surface area contributed by atoms with Gasteiger partial charge in [-0.15, -0.1) is 0 Å². The van der Waals surface area contributed by atoms with E-state index in [0.717, 1.165) is 48.9 Å². The Balaban J connectivity index is 1.58. The van der Waals surface area contributed by atoms with E-state index in [1.165, 1.54) is 0 Å². The average molecular weight is 408 g/mol. The molecule has 2 aromatic rings. The first kappa shape index (κ1) is 19.4. The molecule has 0 saturated heterocycles. The zero-order valence-corrected chi connectivity index (χ0v) is 17.4. The summed E-state index contributed by atoms with van der Waals surface area (Å²) in [7, 11) is 1.58. The van der Waals surface area contributed by atoms with Gasteiger partial charge in [0.25, 0.3) is 0 Å². The summed E-state index contributed by atoms with van der Waals surface area (Å²) in [5, 5.41) is 25.6. The van der Waals surface area contributed by atoms with Crippen molar-refractivity contribution in [2.75, 3.05) is 7.11 Å². The second kappa shape index (κ2) is 7.27. The molecule has 0 bridgehead atoms. The summed E-state index contributed by atoms with van der Waals surface area (Å²) < 4.78 is 5.41. The molecule has 5 atom stereocenters. The van der Waals surface area contributed by atoms with Crippen LogP contribution in [0.3, 0.4) is 0 Å². The Morgan fingerprint density at radius 1 is 1.23 bits per heavy atom. The van der Waals surface area contributed by atoms with Crippen LogP contribution in [0.15, 0.2) is 41.8 Å². The molecule has 0 unspecified atom stereocenters. The summed E-state index contributed by atoms with van der Waals surface area (Å²) in [5.41, 5.74) is 2.90. The van der Waals surface area contributed by atoms with Crippen LogP contribution in [0.5, 0.6) is 17.2 Å². The lowest BCUT2D eigenvalue weighted by Gasteiger charge is -2.50. The smallest absolute Gasteiger partial charge is 0.176 e. The molecule has 0 spiro atoms. The molecule has 0 aliphatic heterocycles. The van der Waals surface area contributed by atoms with Crippen molar-refractivity contribution in [3.05, 3.63) is 47.8 Å². The van der Waals surface area contributed by atoms with E-state index >= 15 is 0 Å². The van der Waals surface area contributed by atoms with Crippen LogP contribution in [0.25, 0.3) is 0 Å². The first-order chi connectivity index (χ1) is 14.5. The number of pyridine rings is 1. The maximum Gasteiger partial charge on any atom is 0.176 e. The second-order valence-corrected chi connectivity index (χ2v) is 9.15. The van der Waals surface area contributed by atoms with Gasteiger partial charge in [-0.1, -0.05) is 12.1 Å². The fourth-order valence-electron chi connectivity index (χ4n) is 6.16. The van der Waals surface area contributed by atoms with E-state index in [9.17, 15) is 10.2 Å². The number of phenolic OH excluding ortho intramolecular Hbond substituents is 1. The highest BCUT2D eigenvalue weighted by Crippen LogP contribution is 2.61. The molecule has 1 aromatic carbocycles. The molecule has 0 radical (unpaired) electrons. The molecule has 3 aliphatic rings. The molecule has 5 rings (SSSR count). The van der Waals surface area contributed by atoms with E-state index in [1.54, 1.807) is 25.6 Å². The summed E-state index contributed by atoms with van der Waals surface area (Å²) in [6.07, 6.45) is 7.82. The number of methoxy groups -OCH3 is 1. The monoisotopic (exact) mass is 408 g/mol. The van der Waals surface area contributed by atoms with Crippen molar-refractivity contribution in [2.24, 2.45) is 22.4 Å². The van der Waals surface area contributed by atoms with Gasteiger partial charge in [-0.25, -0.2) is 0 Å². The molecule has 1 aromatic heterocycles. The van der Waals surface area contributed by atoms with Crippen molar-refractivity contribution >= 4 is 5.71 Å². The first-order valence-electron chi connectivity index (χ1n) is 10.7. The van der Waals surface area contributed by atoms with Crippen LogP contribution in [-0.4, -0.2) is 34.1 Å². The largest absolute Gasteiger partial charge is 0.504 e. The Morgan fingerprint density at radius 3 is 2.87 bits per heavy atom. The Kier molecular flexibility index (Phi) is 4.69. The number of oxime groups is 1. The van der Waals surface area contributed by atoms with Gasteiger partial charge in [0.15, 0.2) is 17.2 Å². The molecule has 2 N–H and O–H groups in total. The lowest BCUT2D eigenvalue weighted by Crippen LogP contribution is -2.45. The van der Waals surface area contributed by atoms with E-state index < -0.39 is 0 Å². The third-order valence-corrected chi connectivity index (χ3v) is 7.77. The summed E-state index contributed by atoms with van der Waals surface area (Å²) in [6.45, 7) is 2.25. The SMILES string of the molecule is COc1cc2c(cc1O)C(=NOc1cccnc1)C[C@@H]1[C@@H]2CC[C@]2(C)[C@@H](O)CC[C@@H]12. The normalized spacial score (nSPS) is 33.5. The number of hydrogen-bond donors (Lipinski definition) is 2. The van der Waals surface area contributed by atoms with Crippen LogP contribution < -0.4 is 9.57 Å². The number of phenols is 1. The second-order valence-electron chi connectivity index (χ2n) is 9.15. The number of fused-ring (bicyclic) bond motifs is 5. The fourth-order valence-corrected chi connectivity index (χ4v) is 6.16. The van der Waals surface area contributed by atoms with Gasteiger partial charge in [-0.2, -0.15) is 0 Å². The number of aliphatic hydroxyl groups excluding tert-OH is 1. The van der Waals surface area contributed by atoms with Crippen molar-refractivity contribution in [1.29, 1.82) is 0 Å². The minimum absolute atomic E-state index is 0.0327. The Morgan fingerprint density at radius 2 is 2.10 bits per heavy atom.